The number of benzene rings is 1. The fraction of sp³-hybridized carbons (Fsp3) is 0.381. The van der Waals surface area contributed by atoms with Gasteiger partial charge in [-0.3, -0.25) is 19.0 Å². The van der Waals surface area contributed by atoms with Crippen LogP contribution in [0.1, 0.15) is 39.7 Å². The minimum Gasteiger partial charge on any atom is -0.355 e. The van der Waals surface area contributed by atoms with Crippen LogP contribution in [0.5, 0.6) is 0 Å². The van der Waals surface area contributed by atoms with Crippen LogP contribution >= 0.6 is 27.3 Å². The van der Waals surface area contributed by atoms with Crippen molar-refractivity contribution in [1.82, 2.24) is 9.88 Å². The van der Waals surface area contributed by atoms with Gasteiger partial charge in [-0.1, -0.05) is 55.8 Å². The maximum atomic E-state index is 12.9. The molecule has 1 heterocycles. The monoisotopic (exact) mass is 464 g/mol. The largest absolute Gasteiger partial charge is 0.355 e. The van der Waals surface area contributed by atoms with Gasteiger partial charge in [-0.25, -0.2) is 0 Å². The first-order valence-corrected chi connectivity index (χ1v) is 10.7. The summed E-state index contributed by atoms with van der Waals surface area (Å²) >= 11 is 4.61. The van der Waals surface area contributed by atoms with Crippen LogP contribution in [0.15, 0.2) is 33.5 Å². The zero-order chi connectivity index (χ0) is 20.9. The normalized spacial score (nSPS) is 13.0. The fourth-order valence-electron chi connectivity index (χ4n) is 2.30. The van der Waals surface area contributed by atoms with E-state index >= 15 is 0 Å². The molecule has 1 aromatic carbocycles. The smallest absolute Gasteiger partial charge is 0.269 e. The summed E-state index contributed by atoms with van der Waals surface area (Å²) in [6.07, 6.45) is 4.06. The van der Waals surface area contributed by atoms with Crippen LogP contribution in [0.2, 0.25) is 0 Å². The van der Waals surface area contributed by atoms with Crippen molar-refractivity contribution < 1.29 is 9.59 Å². The predicted octanol–water partition coefficient (Wildman–Crippen LogP) is 2.42. The van der Waals surface area contributed by atoms with Crippen LogP contribution in [0.3, 0.4) is 0 Å². The second-order valence-electron chi connectivity index (χ2n) is 7.50. The molecule has 0 aliphatic rings. The molecule has 0 bridgehead atoms. The summed E-state index contributed by atoms with van der Waals surface area (Å²) < 4.78 is 3.30. The second-order valence-corrected chi connectivity index (χ2v) is 9.48. The van der Waals surface area contributed by atoms with Gasteiger partial charge >= 0.3 is 0 Å². The first kappa shape index (κ1) is 22.3. The Labute approximate surface area is 176 Å². The zero-order valence-electron chi connectivity index (χ0n) is 16.5. The molecule has 150 valence electrons. The molecular weight excluding hydrogens is 440 g/mol. The molecule has 1 amide bonds. The van der Waals surface area contributed by atoms with Crippen LogP contribution < -0.4 is 20.1 Å². The molecule has 28 heavy (non-hydrogen) atoms. The van der Waals surface area contributed by atoms with Gasteiger partial charge in [-0.2, -0.15) is 0 Å². The summed E-state index contributed by atoms with van der Waals surface area (Å²) in [7, 11) is 0. The molecule has 2 aromatic rings. The van der Waals surface area contributed by atoms with E-state index in [9.17, 15) is 14.4 Å². The highest BCUT2D eigenvalue weighted by molar-refractivity contribution is 9.10. The molecule has 0 aliphatic carbocycles. The third-order valence-electron chi connectivity index (χ3n) is 3.97. The molecule has 0 fully saturated rings. The molecule has 7 heteroatoms. The standard InChI is InChI=1S/C21H25BrN2O3S/c1-5-10-23-18(26)13-24-19(12-17(25)21(2,3)4)28-16(20(24)27)11-14-6-8-15(22)9-7-14/h6-9,11-12H,5,10,13H2,1-4H3,(H,23,26)/b16-11+,19-12-. The van der Waals surface area contributed by atoms with E-state index in [1.165, 1.54) is 22.0 Å². The molecule has 0 atom stereocenters. The van der Waals surface area contributed by atoms with E-state index in [-0.39, 0.29) is 23.8 Å². The van der Waals surface area contributed by atoms with Crippen molar-refractivity contribution in [3.63, 3.8) is 0 Å². The van der Waals surface area contributed by atoms with Crippen molar-refractivity contribution in [2.45, 2.75) is 40.7 Å². The number of thiazole rings is 1. The van der Waals surface area contributed by atoms with Crippen LogP contribution in [0.25, 0.3) is 12.2 Å². The lowest BCUT2D eigenvalue weighted by atomic mass is 9.91. The van der Waals surface area contributed by atoms with Gasteiger partial charge in [0.25, 0.3) is 5.56 Å². The highest BCUT2D eigenvalue weighted by Crippen LogP contribution is 2.15. The molecule has 0 spiro atoms. The molecular formula is C21H25BrN2O3S. The van der Waals surface area contributed by atoms with E-state index in [1.807, 2.05) is 52.0 Å². The number of nitrogens with one attached hydrogen (secondary N) is 1. The SMILES string of the molecule is CCCNC(=O)Cn1c(=O)/c(=C\c2ccc(Br)cc2)s/c1=C\C(=O)C(C)(C)C. The number of carbonyl (C=O) groups is 2. The van der Waals surface area contributed by atoms with Crippen molar-refractivity contribution >= 4 is 51.1 Å². The van der Waals surface area contributed by atoms with Gasteiger partial charge in [-0.15, -0.1) is 11.3 Å². The average molecular weight is 465 g/mol. The number of carbonyl (C=O) groups excluding carboxylic acids is 2. The first-order chi connectivity index (χ1) is 13.1. The topological polar surface area (TPSA) is 68.2 Å². The number of Topliss-reactive ketones (excluding diaryl/α,β-unsaturated/α-hetero) is 1. The Balaban J connectivity index is 2.57. The zero-order valence-corrected chi connectivity index (χ0v) is 18.9. The third-order valence-corrected chi connectivity index (χ3v) is 5.56. The molecule has 0 unspecified atom stereocenters. The third kappa shape index (κ3) is 6.01. The van der Waals surface area contributed by atoms with E-state index in [2.05, 4.69) is 21.2 Å². The molecule has 0 aliphatic heterocycles. The van der Waals surface area contributed by atoms with E-state index in [4.69, 9.17) is 0 Å². The summed E-state index contributed by atoms with van der Waals surface area (Å²) in [5.74, 6) is -0.332. The van der Waals surface area contributed by atoms with Gasteiger partial charge in [0.05, 0.1) is 4.53 Å². The Morgan fingerprint density at radius 3 is 2.43 bits per heavy atom. The summed E-state index contributed by atoms with van der Waals surface area (Å²) in [5.41, 5.74) is 0.0376. The number of halogens is 1. The average Bonchev–Trinajstić information content (AvgIpc) is 2.90. The Kier molecular flexibility index (Phi) is 7.55. The Morgan fingerprint density at radius 1 is 1.21 bits per heavy atom. The number of aromatic nitrogens is 1. The van der Waals surface area contributed by atoms with Crippen molar-refractivity contribution in [3.8, 4) is 0 Å². The number of nitrogens with zero attached hydrogens (tertiary/aromatic N) is 1. The molecule has 1 N–H and O–H groups in total. The molecule has 0 saturated heterocycles. The van der Waals surface area contributed by atoms with Gasteiger partial charge in [-0.05, 0) is 30.2 Å². The number of hydrogen-bond donors (Lipinski definition) is 1. The Morgan fingerprint density at radius 2 is 1.86 bits per heavy atom. The van der Waals surface area contributed by atoms with Crippen LogP contribution in [0.4, 0.5) is 0 Å². The summed E-state index contributed by atoms with van der Waals surface area (Å²) in [4.78, 5) is 37.6. The molecule has 0 saturated carbocycles. The quantitative estimate of drug-likeness (QED) is 0.713. The minimum absolute atomic E-state index is 0.0911. The summed E-state index contributed by atoms with van der Waals surface area (Å²) in [5, 5.41) is 2.78. The van der Waals surface area contributed by atoms with E-state index < -0.39 is 5.41 Å². The van der Waals surface area contributed by atoms with Gasteiger partial charge in [0.2, 0.25) is 5.91 Å². The van der Waals surface area contributed by atoms with Crippen LogP contribution in [0, 0.1) is 5.41 Å². The molecule has 1 aromatic heterocycles. The van der Waals surface area contributed by atoms with Crippen molar-refractivity contribution in [1.29, 1.82) is 0 Å². The highest BCUT2D eigenvalue weighted by atomic mass is 79.9. The lowest BCUT2D eigenvalue weighted by Gasteiger charge is -2.12. The van der Waals surface area contributed by atoms with Gasteiger partial charge in [0.15, 0.2) is 5.78 Å². The lowest BCUT2D eigenvalue weighted by molar-refractivity contribution is -0.122. The van der Waals surface area contributed by atoms with Crippen molar-refractivity contribution in [2.24, 2.45) is 5.41 Å². The van der Waals surface area contributed by atoms with Crippen LogP contribution in [-0.4, -0.2) is 22.8 Å². The Hall–Kier alpha value is -1.99. The van der Waals surface area contributed by atoms with Crippen molar-refractivity contribution in [3.05, 3.63) is 53.9 Å². The number of rotatable bonds is 6. The van der Waals surface area contributed by atoms with Gasteiger partial charge < -0.3 is 5.32 Å². The van der Waals surface area contributed by atoms with E-state index in [1.54, 1.807) is 6.08 Å². The predicted molar refractivity (Wildman–Crippen MR) is 118 cm³/mol. The minimum atomic E-state index is -0.565. The summed E-state index contributed by atoms with van der Waals surface area (Å²) in [6.45, 7) is 7.88. The maximum absolute atomic E-state index is 12.9. The summed E-state index contributed by atoms with van der Waals surface area (Å²) in [6, 6.07) is 7.58. The molecule has 2 rings (SSSR count). The van der Waals surface area contributed by atoms with E-state index in [0.29, 0.717) is 15.7 Å². The Bertz CT molecular complexity index is 1030. The number of hydrogen-bond acceptors (Lipinski definition) is 4. The lowest BCUT2D eigenvalue weighted by Crippen LogP contribution is -2.38. The van der Waals surface area contributed by atoms with E-state index in [0.717, 1.165) is 16.5 Å². The highest BCUT2D eigenvalue weighted by Gasteiger charge is 2.20. The van der Waals surface area contributed by atoms with Gasteiger partial charge in [0, 0.05) is 22.5 Å². The van der Waals surface area contributed by atoms with Gasteiger partial charge in [0.1, 0.15) is 11.2 Å². The number of ketones is 1. The van der Waals surface area contributed by atoms with Crippen molar-refractivity contribution in [2.75, 3.05) is 6.54 Å². The fourth-order valence-corrected chi connectivity index (χ4v) is 3.60. The van der Waals surface area contributed by atoms with Crippen LogP contribution in [-0.2, 0) is 16.1 Å². The molecule has 5 nitrogen and oxygen atoms in total. The molecule has 0 radical (unpaired) electrons. The maximum Gasteiger partial charge on any atom is 0.269 e. The first-order valence-electron chi connectivity index (χ1n) is 9.11. The second kappa shape index (κ2) is 9.47. The number of amides is 1.